The van der Waals surface area contributed by atoms with Crippen LogP contribution in [0.2, 0.25) is 0 Å². The van der Waals surface area contributed by atoms with Crippen molar-refractivity contribution in [2.24, 2.45) is 0 Å². The summed E-state index contributed by atoms with van der Waals surface area (Å²) in [4.78, 5) is 48.8. The van der Waals surface area contributed by atoms with E-state index in [2.05, 4.69) is 81.5 Å². The van der Waals surface area contributed by atoms with E-state index >= 15 is 0 Å². The van der Waals surface area contributed by atoms with Crippen LogP contribution in [0.15, 0.2) is 72.9 Å². The molecule has 0 aromatic carbocycles. The molecule has 0 spiro atoms. The first-order valence-electron chi connectivity index (χ1n) is 32.8. The number of phosphoric acid groups is 1. The van der Waals surface area contributed by atoms with E-state index in [1.807, 2.05) is 12.2 Å². The lowest BCUT2D eigenvalue weighted by molar-refractivity contribution is -0.161. The Morgan fingerprint density at radius 2 is 0.662 bits per heavy atom. The number of aliphatic hydroxyl groups is 1. The lowest BCUT2D eigenvalue weighted by Crippen LogP contribution is -2.30. The minimum absolute atomic E-state index is 0.0983. The molecular weight excluding hydrogens is 1020 g/mol. The summed E-state index contributed by atoms with van der Waals surface area (Å²) in [5, 5.41) is 9.84. The summed E-state index contributed by atoms with van der Waals surface area (Å²) < 4.78 is 39.7. The molecule has 0 aliphatic rings. The van der Waals surface area contributed by atoms with Crippen LogP contribution in [0.5, 0.6) is 0 Å². The Bertz CT molecular complexity index is 1620. The molecular formula is C68H121O11P. The van der Waals surface area contributed by atoms with E-state index in [0.29, 0.717) is 25.7 Å². The zero-order valence-corrected chi connectivity index (χ0v) is 52.4. The second kappa shape index (κ2) is 62.0. The van der Waals surface area contributed by atoms with Gasteiger partial charge in [0.05, 0.1) is 19.8 Å². The number of carbonyl (C=O) groups excluding carboxylic acids is 3. The average Bonchev–Trinajstić information content (AvgIpc) is 3.45. The van der Waals surface area contributed by atoms with Gasteiger partial charge in [-0.25, -0.2) is 4.57 Å². The van der Waals surface area contributed by atoms with Crippen molar-refractivity contribution in [2.45, 2.75) is 315 Å². The van der Waals surface area contributed by atoms with Crippen molar-refractivity contribution >= 4 is 25.7 Å². The fraction of sp³-hybridized carbons (Fsp3) is 0.779. The molecule has 2 N–H and O–H groups in total. The van der Waals surface area contributed by atoms with Crippen molar-refractivity contribution in [3.8, 4) is 0 Å². The number of ether oxygens (including phenoxy) is 3. The van der Waals surface area contributed by atoms with Gasteiger partial charge in [-0.3, -0.25) is 23.4 Å². The Hall–Kier alpha value is -3.08. The Morgan fingerprint density at radius 1 is 0.362 bits per heavy atom. The molecule has 0 rings (SSSR count). The van der Waals surface area contributed by atoms with Crippen molar-refractivity contribution in [1.29, 1.82) is 0 Å². The number of carbonyl (C=O) groups is 3. The van der Waals surface area contributed by atoms with Crippen molar-refractivity contribution in [1.82, 2.24) is 0 Å². The number of allylic oxidation sites excluding steroid dienone is 12. The largest absolute Gasteiger partial charge is 0.472 e. The molecule has 0 saturated carbocycles. The van der Waals surface area contributed by atoms with Crippen LogP contribution < -0.4 is 0 Å². The third-order valence-corrected chi connectivity index (χ3v) is 15.1. The molecule has 11 nitrogen and oxygen atoms in total. The molecule has 80 heavy (non-hydrogen) atoms. The summed E-state index contributed by atoms with van der Waals surface area (Å²) in [6, 6.07) is 0. The van der Waals surface area contributed by atoms with Gasteiger partial charge in [0.2, 0.25) is 0 Å². The van der Waals surface area contributed by atoms with Gasteiger partial charge >= 0.3 is 25.7 Å². The minimum Gasteiger partial charge on any atom is -0.462 e. The van der Waals surface area contributed by atoms with Crippen LogP contribution in [0.1, 0.15) is 303 Å². The first-order valence-corrected chi connectivity index (χ1v) is 34.3. The van der Waals surface area contributed by atoms with Crippen LogP contribution in [0.3, 0.4) is 0 Å². The molecule has 0 heterocycles. The summed E-state index contributed by atoms with van der Waals surface area (Å²) in [6.45, 7) is 4.52. The Morgan fingerprint density at radius 3 is 1.06 bits per heavy atom. The quantitative estimate of drug-likeness (QED) is 0.0197. The number of hydrogen-bond donors (Lipinski definition) is 2. The van der Waals surface area contributed by atoms with Gasteiger partial charge in [-0.2, -0.15) is 0 Å². The zero-order valence-electron chi connectivity index (χ0n) is 51.5. The topological polar surface area (TPSA) is 155 Å². The van der Waals surface area contributed by atoms with Gasteiger partial charge in [0.25, 0.3) is 0 Å². The van der Waals surface area contributed by atoms with Crippen LogP contribution in [-0.2, 0) is 42.2 Å². The standard InChI is InChI=1S/C68H121O11P/c1-4-7-10-13-16-19-22-25-28-31-32-35-38-41-44-47-50-53-56-59-68(72)79-65(61-75-66(70)57-54-51-48-45-42-39-36-33-29-26-23-20-17-14-11-8-5-2)63-77-80(73,74)76-62-64(60-69)78-67(71)58-55-52-49-46-43-40-37-34-30-27-24-21-18-15-12-9-6-3/h9,12,18,21,26-27,29-30,37,40,46,49,64-65,69H,4-8,10-11,13-17,19-20,22-25,28,31-36,38-39,41-45,47-48,50-63H2,1-3H3,(H,73,74)/b12-9-,21-18-,29-26-,30-27-,40-37-,49-46-. The molecule has 464 valence electrons. The number of phosphoric ester groups is 1. The Kier molecular flexibility index (Phi) is 59.6. The third kappa shape index (κ3) is 59.5. The van der Waals surface area contributed by atoms with E-state index in [1.165, 1.54) is 161 Å². The maximum atomic E-state index is 13.0. The SMILES string of the molecule is CC/C=C\C/C=C\C/C=C\C/C=C\C/C=C\CCCC(=O)OC(CO)COP(=O)(O)OCC(COC(=O)CCCCCCCCC/C=C\CCCCCCCC)OC(=O)CCCCCCCCCCCCCCCCCCCCC. The average molecular weight is 1150 g/mol. The summed E-state index contributed by atoms with van der Waals surface area (Å²) in [5.74, 6) is -1.51. The van der Waals surface area contributed by atoms with Crippen LogP contribution in [0.4, 0.5) is 0 Å². The molecule has 12 heteroatoms. The lowest BCUT2D eigenvalue weighted by Gasteiger charge is -2.21. The second-order valence-electron chi connectivity index (χ2n) is 21.9. The number of unbranched alkanes of at least 4 members (excludes halogenated alkanes) is 32. The molecule has 0 aromatic rings. The molecule has 0 aromatic heterocycles. The summed E-state index contributed by atoms with van der Waals surface area (Å²) >= 11 is 0. The number of aliphatic hydroxyl groups excluding tert-OH is 1. The molecule has 0 fully saturated rings. The fourth-order valence-electron chi connectivity index (χ4n) is 9.15. The van der Waals surface area contributed by atoms with Gasteiger partial charge in [0.1, 0.15) is 12.7 Å². The first-order chi connectivity index (χ1) is 39.2. The smallest absolute Gasteiger partial charge is 0.462 e. The van der Waals surface area contributed by atoms with Crippen LogP contribution in [0, 0.1) is 0 Å². The van der Waals surface area contributed by atoms with Gasteiger partial charge in [-0.15, -0.1) is 0 Å². The maximum Gasteiger partial charge on any atom is 0.472 e. The highest BCUT2D eigenvalue weighted by Gasteiger charge is 2.28. The highest BCUT2D eigenvalue weighted by Crippen LogP contribution is 2.43. The van der Waals surface area contributed by atoms with Gasteiger partial charge < -0.3 is 24.2 Å². The molecule has 0 radical (unpaired) electrons. The highest BCUT2D eigenvalue weighted by molar-refractivity contribution is 7.47. The van der Waals surface area contributed by atoms with Crippen LogP contribution in [0.25, 0.3) is 0 Å². The molecule has 0 amide bonds. The normalized spacial score (nSPS) is 13.7. The first kappa shape index (κ1) is 76.9. The molecule has 3 unspecified atom stereocenters. The predicted molar refractivity (Wildman–Crippen MR) is 335 cm³/mol. The van der Waals surface area contributed by atoms with E-state index in [4.69, 9.17) is 23.3 Å². The van der Waals surface area contributed by atoms with Gasteiger partial charge in [-0.05, 0) is 83.5 Å². The van der Waals surface area contributed by atoms with Crippen LogP contribution >= 0.6 is 7.82 Å². The van der Waals surface area contributed by atoms with E-state index in [1.54, 1.807) is 0 Å². The molecule has 0 bridgehead atoms. The summed E-state index contributed by atoms with van der Waals surface area (Å²) in [7, 11) is -4.77. The molecule has 3 atom stereocenters. The monoisotopic (exact) mass is 1140 g/mol. The number of esters is 3. The highest BCUT2D eigenvalue weighted by atomic mass is 31.2. The van der Waals surface area contributed by atoms with Crippen molar-refractivity contribution in [2.75, 3.05) is 26.4 Å². The van der Waals surface area contributed by atoms with Gasteiger partial charge in [-0.1, -0.05) is 273 Å². The van der Waals surface area contributed by atoms with Crippen molar-refractivity contribution in [3.05, 3.63) is 72.9 Å². The van der Waals surface area contributed by atoms with E-state index in [0.717, 1.165) is 77.0 Å². The lowest BCUT2D eigenvalue weighted by atomic mass is 10.0. The molecule has 0 aliphatic heterocycles. The second-order valence-corrected chi connectivity index (χ2v) is 23.4. The molecule has 0 saturated heterocycles. The van der Waals surface area contributed by atoms with Gasteiger partial charge in [0.15, 0.2) is 6.10 Å². The fourth-order valence-corrected chi connectivity index (χ4v) is 9.94. The third-order valence-electron chi connectivity index (χ3n) is 14.1. The molecule has 0 aliphatic carbocycles. The summed E-state index contributed by atoms with van der Waals surface area (Å²) in [6.07, 6.45) is 71.5. The maximum absolute atomic E-state index is 13.0. The Balaban J connectivity index is 4.73. The van der Waals surface area contributed by atoms with Crippen molar-refractivity contribution < 1.29 is 52.2 Å². The number of hydrogen-bond acceptors (Lipinski definition) is 10. The number of rotatable bonds is 61. The minimum atomic E-state index is -4.77. The van der Waals surface area contributed by atoms with E-state index in [-0.39, 0.29) is 25.9 Å². The van der Waals surface area contributed by atoms with Gasteiger partial charge in [0, 0.05) is 19.3 Å². The Labute approximate surface area is 490 Å². The summed E-state index contributed by atoms with van der Waals surface area (Å²) in [5.41, 5.74) is 0. The predicted octanol–water partition coefficient (Wildman–Crippen LogP) is 20.0. The van der Waals surface area contributed by atoms with E-state index in [9.17, 15) is 28.9 Å². The van der Waals surface area contributed by atoms with E-state index < -0.39 is 57.8 Å². The van der Waals surface area contributed by atoms with Crippen LogP contribution in [-0.4, -0.2) is 66.5 Å². The van der Waals surface area contributed by atoms with Crippen molar-refractivity contribution in [3.63, 3.8) is 0 Å². The zero-order chi connectivity index (χ0) is 58.3.